The molecule has 1 saturated heterocycles. The largest absolute Gasteiger partial charge is 0.399 e. The molecule has 6 heteroatoms. The average Bonchev–Trinajstić information content (AvgIpc) is 2.37. The van der Waals surface area contributed by atoms with Gasteiger partial charge < -0.3 is 5.73 Å². The standard InChI is InChI=1S/C15H25N3O2S/c1-11-8-12(2)10-18(9-11)21(19,20)17-13(3)14-4-6-15(16)7-5-14/h4-7,11-13,17H,8-10,16H2,1-3H3. The maximum Gasteiger partial charge on any atom is 0.280 e. The van der Waals surface area contributed by atoms with Crippen LogP contribution in [-0.2, 0) is 10.2 Å². The van der Waals surface area contributed by atoms with E-state index in [2.05, 4.69) is 18.6 Å². The molecular formula is C15H25N3O2S. The highest BCUT2D eigenvalue weighted by Gasteiger charge is 2.31. The molecule has 1 aliphatic rings. The van der Waals surface area contributed by atoms with Gasteiger partial charge in [0.1, 0.15) is 0 Å². The van der Waals surface area contributed by atoms with Crippen molar-refractivity contribution in [2.45, 2.75) is 33.2 Å². The quantitative estimate of drug-likeness (QED) is 0.837. The first-order chi connectivity index (χ1) is 9.78. The summed E-state index contributed by atoms with van der Waals surface area (Å²) in [5.74, 6) is 0.800. The predicted molar refractivity (Wildman–Crippen MR) is 85.8 cm³/mol. The summed E-state index contributed by atoms with van der Waals surface area (Å²) in [6.07, 6.45) is 1.08. The van der Waals surface area contributed by atoms with E-state index in [0.29, 0.717) is 30.6 Å². The Morgan fingerprint density at radius 2 is 1.71 bits per heavy atom. The maximum atomic E-state index is 12.5. The van der Waals surface area contributed by atoms with E-state index >= 15 is 0 Å². The summed E-state index contributed by atoms with van der Waals surface area (Å²) in [6.45, 7) is 7.23. The molecule has 0 aliphatic carbocycles. The van der Waals surface area contributed by atoms with E-state index in [0.717, 1.165) is 12.0 Å². The molecule has 3 N–H and O–H groups in total. The lowest BCUT2D eigenvalue weighted by Crippen LogP contribution is -2.48. The highest BCUT2D eigenvalue weighted by atomic mass is 32.2. The summed E-state index contributed by atoms with van der Waals surface area (Å²) in [4.78, 5) is 0. The lowest BCUT2D eigenvalue weighted by molar-refractivity contribution is 0.220. The van der Waals surface area contributed by atoms with Gasteiger partial charge in [0.05, 0.1) is 0 Å². The third-order valence-electron chi connectivity index (χ3n) is 3.94. The van der Waals surface area contributed by atoms with E-state index in [1.54, 1.807) is 16.4 Å². The molecule has 0 aromatic heterocycles. The van der Waals surface area contributed by atoms with Crippen LogP contribution in [0.15, 0.2) is 24.3 Å². The van der Waals surface area contributed by atoms with Gasteiger partial charge in [-0.25, -0.2) is 0 Å². The summed E-state index contributed by atoms with van der Waals surface area (Å²) in [5.41, 5.74) is 7.24. The van der Waals surface area contributed by atoms with Gasteiger partial charge in [0.15, 0.2) is 0 Å². The van der Waals surface area contributed by atoms with Crippen LogP contribution in [0.25, 0.3) is 0 Å². The van der Waals surface area contributed by atoms with Gasteiger partial charge >= 0.3 is 0 Å². The zero-order valence-electron chi connectivity index (χ0n) is 12.9. The predicted octanol–water partition coefficient (Wildman–Crippen LogP) is 2.14. The van der Waals surface area contributed by atoms with Gasteiger partial charge in [-0.05, 0) is 42.9 Å². The fraction of sp³-hybridized carbons (Fsp3) is 0.600. The fourth-order valence-electron chi connectivity index (χ4n) is 2.95. The summed E-state index contributed by atoms with van der Waals surface area (Å²) < 4.78 is 29.4. The Bertz CT molecular complexity index is 561. The van der Waals surface area contributed by atoms with Crippen molar-refractivity contribution in [3.8, 4) is 0 Å². The lowest BCUT2D eigenvalue weighted by atomic mass is 9.94. The van der Waals surface area contributed by atoms with E-state index in [9.17, 15) is 8.42 Å². The summed E-state index contributed by atoms with van der Waals surface area (Å²) in [5, 5.41) is 0. The highest BCUT2D eigenvalue weighted by Crippen LogP contribution is 2.24. The normalized spacial score (nSPS) is 25.7. The molecule has 1 heterocycles. The topological polar surface area (TPSA) is 75.4 Å². The van der Waals surface area contributed by atoms with Crippen LogP contribution < -0.4 is 10.5 Å². The smallest absolute Gasteiger partial charge is 0.280 e. The van der Waals surface area contributed by atoms with Gasteiger partial charge in [0, 0.05) is 24.8 Å². The summed E-state index contributed by atoms with van der Waals surface area (Å²) >= 11 is 0. The van der Waals surface area contributed by atoms with Gasteiger partial charge in [0.25, 0.3) is 10.2 Å². The second kappa shape index (κ2) is 6.34. The van der Waals surface area contributed by atoms with Crippen molar-refractivity contribution in [1.29, 1.82) is 0 Å². The minimum Gasteiger partial charge on any atom is -0.399 e. The van der Waals surface area contributed by atoms with Crippen LogP contribution in [-0.4, -0.2) is 25.8 Å². The Kier molecular flexibility index (Phi) is 4.91. The van der Waals surface area contributed by atoms with Gasteiger partial charge in [-0.15, -0.1) is 0 Å². The monoisotopic (exact) mass is 311 g/mol. The van der Waals surface area contributed by atoms with E-state index in [1.165, 1.54) is 0 Å². The molecule has 1 aromatic carbocycles. The zero-order chi connectivity index (χ0) is 15.6. The van der Waals surface area contributed by atoms with Crippen molar-refractivity contribution < 1.29 is 8.42 Å². The minimum absolute atomic E-state index is 0.275. The number of hydrogen-bond donors (Lipinski definition) is 2. The molecule has 0 amide bonds. The molecule has 1 fully saturated rings. The number of benzene rings is 1. The Balaban J connectivity index is 2.08. The number of nitrogen functional groups attached to an aromatic ring is 1. The molecule has 118 valence electrons. The summed E-state index contributed by atoms with van der Waals surface area (Å²) in [6, 6.07) is 6.99. The number of nitrogens with one attached hydrogen (secondary N) is 1. The number of anilines is 1. The van der Waals surface area contributed by atoms with Gasteiger partial charge in [-0.3, -0.25) is 0 Å². The van der Waals surface area contributed by atoms with Crippen molar-refractivity contribution in [3.63, 3.8) is 0 Å². The van der Waals surface area contributed by atoms with Crippen LogP contribution in [0.1, 0.15) is 38.8 Å². The maximum absolute atomic E-state index is 12.5. The third kappa shape index (κ3) is 4.18. The lowest BCUT2D eigenvalue weighted by Gasteiger charge is -2.34. The van der Waals surface area contributed by atoms with Crippen LogP contribution in [0.4, 0.5) is 5.69 Å². The second-order valence-electron chi connectivity index (χ2n) is 6.27. The number of hydrogen-bond acceptors (Lipinski definition) is 3. The molecule has 0 bridgehead atoms. The molecule has 3 unspecified atom stereocenters. The third-order valence-corrected chi connectivity index (χ3v) is 5.57. The molecule has 5 nitrogen and oxygen atoms in total. The molecule has 1 aliphatic heterocycles. The van der Waals surface area contributed by atoms with Crippen molar-refractivity contribution >= 4 is 15.9 Å². The van der Waals surface area contributed by atoms with Crippen LogP contribution in [0.3, 0.4) is 0 Å². The van der Waals surface area contributed by atoms with Crippen molar-refractivity contribution in [3.05, 3.63) is 29.8 Å². The fourth-order valence-corrected chi connectivity index (χ4v) is 4.59. The summed E-state index contributed by atoms with van der Waals surface area (Å²) in [7, 11) is -3.45. The van der Waals surface area contributed by atoms with Crippen LogP contribution in [0.2, 0.25) is 0 Å². The van der Waals surface area contributed by atoms with Gasteiger partial charge in [-0.1, -0.05) is 26.0 Å². The van der Waals surface area contributed by atoms with Crippen molar-refractivity contribution in [1.82, 2.24) is 9.03 Å². The zero-order valence-corrected chi connectivity index (χ0v) is 13.7. The van der Waals surface area contributed by atoms with E-state index in [4.69, 9.17) is 5.73 Å². The van der Waals surface area contributed by atoms with E-state index in [-0.39, 0.29) is 6.04 Å². The Morgan fingerprint density at radius 3 is 2.24 bits per heavy atom. The van der Waals surface area contributed by atoms with Gasteiger partial charge in [-0.2, -0.15) is 17.4 Å². The molecule has 0 radical (unpaired) electrons. The Labute approximate surface area is 127 Å². The first-order valence-corrected chi connectivity index (χ1v) is 8.84. The van der Waals surface area contributed by atoms with E-state index in [1.807, 2.05) is 19.1 Å². The van der Waals surface area contributed by atoms with Crippen molar-refractivity contribution in [2.75, 3.05) is 18.8 Å². The first kappa shape index (κ1) is 16.3. The molecular weight excluding hydrogens is 286 g/mol. The molecule has 0 spiro atoms. The molecule has 21 heavy (non-hydrogen) atoms. The number of nitrogens with two attached hydrogens (primary N) is 1. The SMILES string of the molecule is CC1CC(C)CN(S(=O)(=O)NC(C)c2ccc(N)cc2)C1. The first-order valence-electron chi connectivity index (χ1n) is 7.40. The highest BCUT2D eigenvalue weighted by molar-refractivity contribution is 7.87. The molecule has 3 atom stereocenters. The minimum atomic E-state index is -3.45. The second-order valence-corrected chi connectivity index (χ2v) is 7.98. The van der Waals surface area contributed by atoms with Crippen LogP contribution in [0, 0.1) is 11.8 Å². The number of nitrogens with zero attached hydrogens (tertiary/aromatic N) is 1. The van der Waals surface area contributed by atoms with E-state index < -0.39 is 10.2 Å². The number of piperidine rings is 1. The Hall–Kier alpha value is -1.11. The molecule has 2 rings (SSSR count). The number of rotatable bonds is 4. The molecule has 0 saturated carbocycles. The van der Waals surface area contributed by atoms with Crippen LogP contribution >= 0.6 is 0 Å². The Morgan fingerprint density at radius 1 is 1.19 bits per heavy atom. The van der Waals surface area contributed by atoms with Crippen LogP contribution in [0.5, 0.6) is 0 Å². The van der Waals surface area contributed by atoms with Gasteiger partial charge in [0.2, 0.25) is 0 Å². The molecule has 1 aromatic rings. The average molecular weight is 311 g/mol. The van der Waals surface area contributed by atoms with Crippen molar-refractivity contribution in [2.24, 2.45) is 11.8 Å².